The highest BCUT2D eigenvalue weighted by Gasteiger charge is 2.18. The molecule has 0 amide bonds. The molecule has 2 heteroatoms. The summed E-state index contributed by atoms with van der Waals surface area (Å²) in [6, 6.07) is 14.8. The summed E-state index contributed by atoms with van der Waals surface area (Å²) in [7, 11) is 0. The number of hydrogen-bond donors (Lipinski definition) is 1. The predicted molar refractivity (Wildman–Crippen MR) is 73.9 cm³/mol. The van der Waals surface area contributed by atoms with E-state index in [4.69, 9.17) is 5.73 Å². The standard InChI is InChI=1S/C16H18FN/c1-16(2,11-18)13-9-7-12(8-10-13)14-5-3-4-6-15(14)17/h3-10H,11,18H2,1-2H3. The van der Waals surface area contributed by atoms with Crippen LogP contribution >= 0.6 is 0 Å². The van der Waals surface area contributed by atoms with Crippen LogP contribution in [0.5, 0.6) is 0 Å². The number of hydrogen-bond acceptors (Lipinski definition) is 1. The Morgan fingerprint density at radius 1 is 1.00 bits per heavy atom. The molecular weight excluding hydrogens is 225 g/mol. The minimum absolute atomic E-state index is 0.0479. The first kappa shape index (κ1) is 12.8. The Morgan fingerprint density at radius 3 is 2.17 bits per heavy atom. The Balaban J connectivity index is 2.37. The van der Waals surface area contributed by atoms with Crippen LogP contribution in [0.1, 0.15) is 19.4 Å². The van der Waals surface area contributed by atoms with E-state index in [1.807, 2.05) is 30.3 Å². The maximum absolute atomic E-state index is 13.7. The molecule has 2 aromatic carbocycles. The fourth-order valence-electron chi connectivity index (χ4n) is 1.91. The Morgan fingerprint density at radius 2 is 1.61 bits per heavy atom. The highest BCUT2D eigenvalue weighted by Crippen LogP contribution is 2.27. The van der Waals surface area contributed by atoms with E-state index >= 15 is 0 Å². The molecule has 94 valence electrons. The zero-order chi connectivity index (χ0) is 13.2. The maximum Gasteiger partial charge on any atom is 0.131 e. The lowest BCUT2D eigenvalue weighted by Crippen LogP contribution is -2.27. The average Bonchev–Trinajstić information content (AvgIpc) is 2.39. The monoisotopic (exact) mass is 243 g/mol. The summed E-state index contributed by atoms with van der Waals surface area (Å²) in [5, 5.41) is 0. The van der Waals surface area contributed by atoms with E-state index in [1.54, 1.807) is 12.1 Å². The molecule has 2 rings (SSSR count). The molecule has 1 nitrogen and oxygen atoms in total. The molecule has 0 atom stereocenters. The predicted octanol–water partition coefficient (Wildman–Crippen LogP) is 3.73. The van der Waals surface area contributed by atoms with E-state index in [-0.39, 0.29) is 11.2 Å². The first-order valence-corrected chi connectivity index (χ1v) is 6.10. The molecular formula is C16H18FN. The largest absolute Gasteiger partial charge is 0.330 e. The van der Waals surface area contributed by atoms with Crippen molar-refractivity contribution in [3.8, 4) is 11.1 Å². The Bertz CT molecular complexity index is 529. The van der Waals surface area contributed by atoms with Gasteiger partial charge in [-0.05, 0) is 17.2 Å². The van der Waals surface area contributed by atoms with Gasteiger partial charge in [0.25, 0.3) is 0 Å². The summed E-state index contributed by atoms with van der Waals surface area (Å²) in [5.74, 6) is -0.191. The van der Waals surface area contributed by atoms with E-state index in [1.165, 1.54) is 11.6 Å². The summed E-state index contributed by atoms with van der Waals surface area (Å²) >= 11 is 0. The van der Waals surface area contributed by atoms with Crippen LogP contribution in [-0.4, -0.2) is 6.54 Å². The van der Waals surface area contributed by atoms with Gasteiger partial charge in [0, 0.05) is 17.5 Å². The summed E-state index contributed by atoms with van der Waals surface area (Å²) in [6.07, 6.45) is 0. The van der Waals surface area contributed by atoms with Crippen LogP contribution in [0.15, 0.2) is 48.5 Å². The number of nitrogens with two attached hydrogens (primary N) is 1. The molecule has 0 radical (unpaired) electrons. The third-order valence-electron chi connectivity index (χ3n) is 3.36. The molecule has 2 N–H and O–H groups in total. The topological polar surface area (TPSA) is 26.0 Å². The molecule has 0 fully saturated rings. The van der Waals surface area contributed by atoms with Gasteiger partial charge in [0.2, 0.25) is 0 Å². The SMILES string of the molecule is CC(C)(CN)c1ccc(-c2ccccc2F)cc1. The first-order chi connectivity index (χ1) is 8.54. The summed E-state index contributed by atoms with van der Waals surface area (Å²) < 4.78 is 13.7. The van der Waals surface area contributed by atoms with Crippen molar-refractivity contribution in [2.75, 3.05) is 6.54 Å². The summed E-state index contributed by atoms with van der Waals surface area (Å²) in [5.41, 5.74) is 8.40. The van der Waals surface area contributed by atoms with E-state index in [0.717, 1.165) is 5.56 Å². The van der Waals surface area contributed by atoms with Gasteiger partial charge >= 0.3 is 0 Å². The lowest BCUT2D eigenvalue weighted by Gasteiger charge is -2.23. The van der Waals surface area contributed by atoms with Gasteiger partial charge in [-0.2, -0.15) is 0 Å². The minimum atomic E-state index is -0.191. The fourth-order valence-corrected chi connectivity index (χ4v) is 1.91. The number of benzene rings is 2. The quantitative estimate of drug-likeness (QED) is 0.873. The third kappa shape index (κ3) is 2.44. The van der Waals surface area contributed by atoms with Gasteiger partial charge in [0.1, 0.15) is 5.82 Å². The van der Waals surface area contributed by atoms with Crippen LogP contribution in [0.3, 0.4) is 0 Å². The van der Waals surface area contributed by atoms with Crippen LogP contribution < -0.4 is 5.73 Å². The van der Waals surface area contributed by atoms with Gasteiger partial charge in [0.15, 0.2) is 0 Å². The van der Waals surface area contributed by atoms with Crippen LogP contribution in [0.25, 0.3) is 11.1 Å². The van der Waals surface area contributed by atoms with Crippen molar-refractivity contribution >= 4 is 0 Å². The second-order valence-electron chi connectivity index (χ2n) is 5.15. The number of rotatable bonds is 3. The Hall–Kier alpha value is -1.67. The average molecular weight is 243 g/mol. The van der Waals surface area contributed by atoms with Gasteiger partial charge in [-0.15, -0.1) is 0 Å². The molecule has 0 aromatic heterocycles. The molecule has 0 unspecified atom stereocenters. The lowest BCUT2D eigenvalue weighted by atomic mass is 9.84. The van der Waals surface area contributed by atoms with Crippen molar-refractivity contribution < 1.29 is 4.39 Å². The van der Waals surface area contributed by atoms with Crippen molar-refractivity contribution in [3.63, 3.8) is 0 Å². The lowest BCUT2D eigenvalue weighted by molar-refractivity contribution is 0.539. The van der Waals surface area contributed by atoms with Crippen molar-refractivity contribution in [3.05, 3.63) is 59.9 Å². The highest BCUT2D eigenvalue weighted by molar-refractivity contribution is 5.64. The highest BCUT2D eigenvalue weighted by atomic mass is 19.1. The second kappa shape index (κ2) is 4.91. The van der Waals surface area contributed by atoms with E-state index < -0.39 is 0 Å². The Kier molecular flexibility index (Phi) is 3.48. The van der Waals surface area contributed by atoms with Gasteiger partial charge in [-0.1, -0.05) is 56.3 Å². The normalized spacial score (nSPS) is 11.6. The van der Waals surface area contributed by atoms with Gasteiger partial charge in [-0.3, -0.25) is 0 Å². The fraction of sp³-hybridized carbons (Fsp3) is 0.250. The van der Waals surface area contributed by atoms with Crippen LogP contribution in [-0.2, 0) is 5.41 Å². The zero-order valence-electron chi connectivity index (χ0n) is 10.8. The molecule has 0 aliphatic rings. The van der Waals surface area contributed by atoms with Gasteiger partial charge in [-0.25, -0.2) is 4.39 Å². The van der Waals surface area contributed by atoms with E-state index in [9.17, 15) is 4.39 Å². The second-order valence-corrected chi connectivity index (χ2v) is 5.15. The molecule has 0 saturated carbocycles. The molecule has 0 spiro atoms. The van der Waals surface area contributed by atoms with Crippen LogP contribution in [0.2, 0.25) is 0 Å². The van der Waals surface area contributed by atoms with Gasteiger partial charge in [0.05, 0.1) is 0 Å². The van der Waals surface area contributed by atoms with E-state index in [2.05, 4.69) is 13.8 Å². The molecule has 0 aliphatic heterocycles. The van der Waals surface area contributed by atoms with Crippen molar-refractivity contribution in [2.45, 2.75) is 19.3 Å². The smallest absolute Gasteiger partial charge is 0.131 e. The van der Waals surface area contributed by atoms with Crippen molar-refractivity contribution in [2.24, 2.45) is 5.73 Å². The molecule has 0 bridgehead atoms. The molecule has 2 aromatic rings. The molecule has 0 heterocycles. The minimum Gasteiger partial charge on any atom is -0.330 e. The van der Waals surface area contributed by atoms with E-state index in [0.29, 0.717) is 12.1 Å². The van der Waals surface area contributed by atoms with Crippen LogP contribution in [0, 0.1) is 5.82 Å². The third-order valence-corrected chi connectivity index (χ3v) is 3.36. The summed E-state index contributed by atoms with van der Waals surface area (Å²) in [4.78, 5) is 0. The molecule has 18 heavy (non-hydrogen) atoms. The Labute approximate surface area is 107 Å². The maximum atomic E-state index is 13.7. The van der Waals surface area contributed by atoms with Crippen LogP contribution in [0.4, 0.5) is 4.39 Å². The number of halogens is 1. The van der Waals surface area contributed by atoms with Crippen molar-refractivity contribution in [1.82, 2.24) is 0 Å². The molecule has 0 saturated heterocycles. The van der Waals surface area contributed by atoms with Gasteiger partial charge < -0.3 is 5.73 Å². The first-order valence-electron chi connectivity index (χ1n) is 6.10. The molecule has 0 aliphatic carbocycles. The zero-order valence-corrected chi connectivity index (χ0v) is 10.8. The van der Waals surface area contributed by atoms with Crippen molar-refractivity contribution in [1.29, 1.82) is 0 Å². The summed E-state index contributed by atoms with van der Waals surface area (Å²) in [6.45, 7) is 4.79.